The second-order valence-corrected chi connectivity index (χ2v) is 9.60. The lowest BCUT2D eigenvalue weighted by molar-refractivity contribution is -0.137. The van der Waals surface area contributed by atoms with Gasteiger partial charge in [-0.05, 0) is 72.0 Å². The molecule has 8 heteroatoms. The van der Waals surface area contributed by atoms with Gasteiger partial charge in [0.15, 0.2) is 0 Å². The van der Waals surface area contributed by atoms with Crippen LogP contribution in [-0.4, -0.2) is 84.2 Å². The molecule has 0 bridgehead atoms. The minimum atomic E-state index is -0.662. The number of benzene rings is 1. The fourth-order valence-electron chi connectivity index (χ4n) is 4.16. The molecule has 0 aliphatic carbocycles. The van der Waals surface area contributed by atoms with Crippen LogP contribution in [0.3, 0.4) is 0 Å². The number of carbonyl (C=O) groups is 2. The lowest BCUT2D eigenvalue weighted by atomic mass is 10.0. The van der Waals surface area contributed by atoms with Gasteiger partial charge >= 0.3 is 6.09 Å². The summed E-state index contributed by atoms with van der Waals surface area (Å²) in [5.74, 6) is 0.104. The third kappa shape index (κ3) is 6.09. The highest BCUT2D eigenvalue weighted by atomic mass is 19.1. The summed E-state index contributed by atoms with van der Waals surface area (Å²) >= 11 is 0. The van der Waals surface area contributed by atoms with Crippen LogP contribution < -0.4 is 4.74 Å². The maximum atomic E-state index is 13.4. The van der Waals surface area contributed by atoms with E-state index in [1.54, 1.807) is 32.9 Å². The van der Waals surface area contributed by atoms with Crippen LogP contribution in [0.5, 0.6) is 5.75 Å². The van der Waals surface area contributed by atoms with Crippen LogP contribution in [-0.2, 0) is 9.53 Å². The Morgan fingerprint density at radius 3 is 2.26 bits per heavy atom. The summed E-state index contributed by atoms with van der Waals surface area (Å²) in [5, 5.41) is 0. The first kappa shape index (κ1) is 23.3. The van der Waals surface area contributed by atoms with Crippen LogP contribution in [0.4, 0.5) is 9.18 Å². The van der Waals surface area contributed by atoms with Crippen molar-refractivity contribution in [1.82, 2.24) is 14.7 Å². The molecule has 2 aliphatic rings. The van der Waals surface area contributed by atoms with Crippen molar-refractivity contribution in [3.63, 3.8) is 0 Å². The number of rotatable bonds is 4. The summed E-state index contributed by atoms with van der Waals surface area (Å²) in [4.78, 5) is 31.7. The molecule has 172 valence electrons. The SMILES string of the molecule is CN(C)C1CCN(C(=O)C2CC(Oc3ccc(F)cc3)CN2C(=O)OC(C)(C)C)CC1. The Balaban J connectivity index is 1.71. The summed E-state index contributed by atoms with van der Waals surface area (Å²) in [7, 11) is 4.11. The molecule has 2 atom stereocenters. The molecule has 0 N–H and O–H groups in total. The van der Waals surface area contributed by atoms with Crippen LogP contribution in [0, 0.1) is 5.82 Å². The van der Waals surface area contributed by atoms with E-state index in [1.165, 1.54) is 17.0 Å². The molecule has 2 unspecified atom stereocenters. The number of ether oxygens (including phenoxy) is 2. The summed E-state index contributed by atoms with van der Waals surface area (Å²) in [6.07, 6.45) is 1.31. The van der Waals surface area contributed by atoms with Crippen molar-refractivity contribution in [3.05, 3.63) is 30.1 Å². The highest BCUT2D eigenvalue weighted by Crippen LogP contribution is 2.28. The van der Waals surface area contributed by atoms with E-state index in [4.69, 9.17) is 9.47 Å². The van der Waals surface area contributed by atoms with Crippen molar-refractivity contribution in [2.75, 3.05) is 33.7 Å². The van der Waals surface area contributed by atoms with Crippen LogP contribution in [0.25, 0.3) is 0 Å². The van der Waals surface area contributed by atoms with E-state index < -0.39 is 17.7 Å². The van der Waals surface area contributed by atoms with E-state index in [0.717, 1.165) is 12.8 Å². The van der Waals surface area contributed by atoms with Gasteiger partial charge in [-0.1, -0.05) is 0 Å². The van der Waals surface area contributed by atoms with Gasteiger partial charge in [-0.2, -0.15) is 0 Å². The fraction of sp³-hybridized carbons (Fsp3) is 0.652. The molecule has 2 heterocycles. The molecule has 0 aromatic heterocycles. The van der Waals surface area contributed by atoms with E-state index >= 15 is 0 Å². The first-order valence-electron chi connectivity index (χ1n) is 10.9. The molecule has 31 heavy (non-hydrogen) atoms. The molecule has 2 saturated heterocycles. The zero-order chi connectivity index (χ0) is 22.8. The molecular weight excluding hydrogens is 401 g/mol. The predicted octanol–water partition coefficient (Wildman–Crippen LogP) is 3.14. The third-order valence-electron chi connectivity index (χ3n) is 5.80. The van der Waals surface area contributed by atoms with Crippen LogP contribution >= 0.6 is 0 Å². The predicted molar refractivity (Wildman–Crippen MR) is 115 cm³/mol. The average Bonchev–Trinajstić information content (AvgIpc) is 3.12. The zero-order valence-corrected chi connectivity index (χ0v) is 19.1. The number of nitrogens with zero attached hydrogens (tertiary/aromatic N) is 3. The van der Waals surface area contributed by atoms with Crippen LogP contribution in [0.15, 0.2) is 24.3 Å². The standard InChI is InChI=1S/C23H34FN3O4/c1-23(2,3)31-22(29)27-15-19(30-18-8-6-16(24)7-9-18)14-20(27)21(28)26-12-10-17(11-13-26)25(4)5/h6-9,17,19-20H,10-15H2,1-5H3. The van der Waals surface area contributed by atoms with Crippen molar-refractivity contribution in [2.45, 2.75) is 63.8 Å². The van der Waals surface area contributed by atoms with Crippen LogP contribution in [0.2, 0.25) is 0 Å². The van der Waals surface area contributed by atoms with E-state index in [2.05, 4.69) is 19.0 Å². The molecule has 0 radical (unpaired) electrons. The zero-order valence-electron chi connectivity index (χ0n) is 19.1. The Kier molecular flexibility index (Phi) is 7.09. The fourth-order valence-corrected chi connectivity index (χ4v) is 4.16. The highest BCUT2D eigenvalue weighted by molar-refractivity contribution is 5.86. The lowest BCUT2D eigenvalue weighted by Gasteiger charge is -2.37. The summed E-state index contributed by atoms with van der Waals surface area (Å²) in [5.41, 5.74) is -0.662. The lowest BCUT2D eigenvalue weighted by Crippen LogP contribution is -2.52. The topological polar surface area (TPSA) is 62.3 Å². The molecule has 1 aromatic carbocycles. The molecule has 7 nitrogen and oxygen atoms in total. The number of amides is 2. The van der Waals surface area contributed by atoms with Crippen molar-refractivity contribution in [2.24, 2.45) is 0 Å². The average molecular weight is 436 g/mol. The Labute approximate surface area is 184 Å². The van der Waals surface area contributed by atoms with E-state index in [1.807, 2.05) is 4.90 Å². The molecular formula is C23H34FN3O4. The van der Waals surface area contributed by atoms with Gasteiger partial charge < -0.3 is 19.3 Å². The van der Waals surface area contributed by atoms with Crippen molar-refractivity contribution >= 4 is 12.0 Å². The molecule has 3 rings (SSSR count). The molecule has 2 amide bonds. The summed E-state index contributed by atoms with van der Waals surface area (Å²) in [6, 6.07) is 5.59. The second-order valence-electron chi connectivity index (χ2n) is 9.60. The van der Waals surface area contributed by atoms with Crippen LogP contribution in [0.1, 0.15) is 40.0 Å². The largest absolute Gasteiger partial charge is 0.488 e. The maximum Gasteiger partial charge on any atom is 0.411 e. The first-order valence-corrected chi connectivity index (χ1v) is 10.9. The van der Waals surface area contributed by atoms with Gasteiger partial charge in [0.05, 0.1) is 6.54 Å². The Morgan fingerprint density at radius 2 is 1.71 bits per heavy atom. The third-order valence-corrected chi connectivity index (χ3v) is 5.80. The Hall–Kier alpha value is -2.35. The molecule has 0 saturated carbocycles. The smallest absolute Gasteiger partial charge is 0.411 e. The van der Waals surface area contributed by atoms with E-state index in [-0.39, 0.29) is 24.4 Å². The van der Waals surface area contributed by atoms with Crippen molar-refractivity contribution < 1.29 is 23.5 Å². The van der Waals surface area contributed by atoms with Gasteiger partial charge in [0, 0.05) is 25.6 Å². The minimum Gasteiger partial charge on any atom is -0.488 e. The van der Waals surface area contributed by atoms with E-state index in [9.17, 15) is 14.0 Å². The van der Waals surface area contributed by atoms with Gasteiger partial charge in [0.2, 0.25) is 5.91 Å². The molecule has 0 spiro atoms. The highest BCUT2D eigenvalue weighted by Gasteiger charge is 2.44. The molecule has 2 aliphatic heterocycles. The van der Waals surface area contributed by atoms with Gasteiger partial charge in [-0.15, -0.1) is 0 Å². The summed E-state index contributed by atoms with van der Waals surface area (Å²) in [6.45, 7) is 6.99. The quantitative estimate of drug-likeness (QED) is 0.727. The number of carbonyl (C=O) groups excluding carboxylic acids is 2. The van der Waals surface area contributed by atoms with Gasteiger partial charge in [0.1, 0.15) is 29.3 Å². The number of likely N-dealkylation sites (tertiary alicyclic amines) is 2. The Morgan fingerprint density at radius 1 is 1.10 bits per heavy atom. The van der Waals surface area contributed by atoms with Gasteiger partial charge in [-0.25, -0.2) is 9.18 Å². The number of halogens is 1. The number of piperidine rings is 1. The molecule has 2 fully saturated rings. The van der Waals surface area contributed by atoms with Crippen molar-refractivity contribution in [3.8, 4) is 5.75 Å². The number of hydrogen-bond donors (Lipinski definition) is 0. The van der Waals surface area contributed by atoms with Gasteiger partial charge in [0.25, 0.3) is 0 Å². The Bertz CT molecular complexity index is 770. The number of hydrogen-bond acceptors (Lipinski definition) is 5. The van der Waals surface area contributed by atoms with Gasteiger partial charge in [-0.3, -0.25) is 9.69 Å². The molecule has 1 aromatic rings. The summed E-state index contributed by atoms with van der Waals surface area (Å²) < 4.78 is 24.7. The monoisotopic (exact) mass is 435 g/mol. The first-order chi connectivity index (χ1) is 14.5. The second kappa shape index (κ2) is 9.42. The normalized spacial score (nSPS) is 22.7. The van der Waals surface area contributed by atoms with Crippen molar-refractivity contribution in [1.29, 1.82) is 0 Å². The van der Waals surface area contributed by atoms with E-state index in [0.29, 0.717) is 31.3 Å². The maximum absolute atomic E-state index is 13.4. The minimum absolute atomic E-state index is 0.0618.